The number of halogens is 1. The minimum atomic E-state index is -0.588. The van der Waals surface area contributed by atoms with Crippen molar-refractivity contribution in [2.75, 3.05) is 0 Å². The molecule has 0 saturated heterocycles. The fourth-order valence-corrected chi connectivity index (χ4v) is 2.10. The molecule has 1 heterocycles. The molecular weight excluding hydrogens is 305 g/mol. The van der Waals surface area contributed by atoms with E-state index in [4.69, 9.17) is 4.74 Å². The minimum absolute atomic E-state index is 0.177. The van der Waals surface area contributed by atoms with Gasteiger partial charge in [0, 0.05) is 12.4 Å². The Hall–Kier alpha value is -3.27. The van der Waals surface area contributed by atoms with Crippen molar-refractivity contribution in [2.24, 2.45) is 0 Å². The number of hydrogen-bond donors (Lipinski definition) is 0. The molecule has 0 aliphatic rings. The van der Waals surface area contributed by atoms with Crippen molar-refractivity contribution in [2.45, 2.75) is 0 Å². The Kier molecular flexibility index (Phi) is 4.77. The lowest BCUT2D eigenvalue weighted by Crippen LogP contribution is -2.08. The molecule has 0 saturated carbocycles. The van der Waals surface area contributed by atoms with E-state index in [0.717, 1.165) is 17.2 Å². The van der Waals surface area contributed by atoms with Gasteiger partial charge in [0.1, 0.15) is 11.6 Å². The number of carbonyl (C=O) groups is 1. The smallest absolute Gasteiger partial charge is 0.343 e. The normalized spacial score (nSPS) is 10.7. The van der Waals surface area contributed by atoms with Gasteiger partial charge in [0.15, 0.2) is 0 Å². The monoisotopic (exact) mass is 319 g/mol. The van der Waals surface area contributed by atoms with Crippen molar-refractivity contribution in [1.82, 2.24) is 4.98 Å². The zero-order chi connectivity index (χ0) is 16.8. The molecule has 0 bridgehead atoms. The number of hydrogen-bond acceptors (Lipinski definition) is 3. The van der Waals surface area contributed by atoms with E-state index in [-0.39, 0.29) is 5.56 Å². The van der Waals surface area contributed by atoms with Gasteiger partial charge in [-0.05, 0) is 53.6 Å². The van der Waals surface area contributed by atoms with E-state index in [0.29, 0.717) is 5.75 Å². The zero-order valence-corrected chi connectivity index (χ0v) is 12.7. The lowest BCUT2D eigenvalue weighted by atomic mass is 10.1. The number of esters is 1. The maximum Gasteiger partial charge on any atom is 0.343 e. The Morgan fingerprint density at radius 1 is 0.917 bits per heavy atom. The Morgan fingerprint density at radius 2 is 1.58 bits per heavy atom. The molecule has 0 aliphatic heterocycles. The van der Waals surface area contributed by atoms with Crippen molar-refractivity contribution < 1.29 is 13.9 Å². The van der Waals surface area contributed by atoms with Crippen LogP contribution in [-0.2, 0) is 0 Å². The lowest BCUT2D eigenvalue weighted by Gasteiger charge is -2.04. The molecule has 0 unspecified atom stereocenters. The molecule has 0 aliphatic carbocycles. The number of aromatic nitrogens is 1. The van der Waals surface area contributed by atoms with E-state index in [1.165, 1.54) is 18.2 Å². The summed E-state index contributed by atoms with van der Waals surface area (Å²) >= 11 is 0. The molecule has 3 aromatic rings. The van der Waals surface area contributed by atoms with Crippen LogP contribution in [-0.4, -0.2) is 11.0 Å². The second kappa shape index (κ2) is 7.33. The summed E-state index contributed by atoms with van der Waals surface area (Å²) in [6.45, 7) is 0. The van der Waals surface area contributed by atoms with Crippen LogP contribution in [0.5, 0.6) is 5.75 Å². The number of ether oxygens (including phenoxy) is 1. The average Bonchev–Trinajstić information content (AvgIpc) is 2.62. The molecule has 0 radical (unpaired) electrons. The predicted octanol–water partition coefficient (Wildman–Crippen LogP) is 4.61. The summed E-state index contributed by atoms with van der Waals surface area (Å²) in [5, 5.41) is 0. The molecule has 0 amide bonds. The largest absolute Gasteiger partial charge is 0.423 e. The zero-order valence-electron chi connectivity index (χ0n) is 12.7. The fraction of sp³-hybridized carbons (Fsp3) is 0. The number of nitrogens with zero attached hydrogens (tertiary/aromatic N) is 1. The van der Waals surface area contributed by atoms with Gasteiger partial charge < -0.3 is 4.74 Å². The van der Waals surface area contributed by atoms with Crippen LogP contribution in [0.25, 0.3) is 12.2 Å². The molecule has 2 aromatic carbocycles. The van der Waals surface area contributed by atoms with Gasteiger partial charge in [-0.25, -0.2) is 9.18 Å². The van der Waals surface area contributed by atoms with E-state index in [2.05, 4.69) is 4.98 Å². The van der Waals surface area contributed by atoms with Crippen LogP contribution in [0.2, 0.25) is 0 Å². The third-order valence-corrected chi connectivity index (χ3v) is 3.33. The van der Waals surface area contributed by atoms with Crippen LogP contribution in [0.1, 0.15) is 21.5 Å². The third-order valence-electron chi connectivity index (χ3n) is 3.33. The predicted molar refractivity (Wildman–Crippen MR) is 91.0 cm³/mol. The molecule has 0 atom stereocenters. The van der Waals surface area contributed by atoms with E-state index in [1.807, 2.05) is 36.4 Å². The molecule has 3 nitrogen and oxygen atoms in total. The number of pyridine rings is 1. The quantitative estimate of drug-likeness (QED) is 0.521. The van der Waals surface area contributed by atoms with Crippen molar-refractivity contribution >= 4 is 18.1 Å². The maximum absolute atomic E-state index is 13.1. The Balaban J connectivity index is 1.66. The molecule has 0 N–H and O–H groups in total. The molecule has 0 spiro atoms. The highest BCUT2D eigenvalue weighted by atomic mass is 19.1. The van der Waals surface area contributed by atoms with E-state index in [1.54, 1.807) is 24.5 Å². The second-order valence-electron chi connectivity index (χ2n) is 5.08. The van der Waals surface area contributed by atoms with Crippen LogP contribution in [0, 0.1) is 5.82 Å². The molecule has 1 aromatic heterocycles. The Labute approximate surface area is 139 Å². The van der Waals surface area contributed by atoms with Crippen molar-refractivity contribution in [3.05, 3.63) is 95.6 Å². The van der Waals surface area contributed by atoms with E-state index in [9.17, 15) is 9.18 Å². The average molecular weight is 319 g/mol. The molecule has 118 valence electrons. The first-order chi connectivity index (χ1) is 11.7. The van der Waals surface area contributed by atoms with E-state index < -0.39 is 11.8 Å². The summed E-state index contributed by atoms with van der Waals surface area (Å²) in [6, 6.07) is 16.3. The molecular formula is C20H14FNO2. The molecule has 0 fully saturated rings. The number of rotatable bonds is 4. The van der Waals surface area contributed by atoms with E-state index >= 15 is 0 Å². The van der Waals surface area contributed by atoms with Gasteiger partial charge in [-0.3, -0.25) is 4.98 Å². The SMILES string of the molecule is O=C(Oc1ccc(/C=C/c2ccncc2)cc1)c1cccc(F)c1. The van der Waals surface area contributed by atoms with Crippen molar-refractivity contribution in [3.63, 3.8) is 0 Å². The van der Waals surface area contributed by atoms with Crippen molar-refractivity contribution in [3.8, 4) is 5.75 Å². The highest BCUT2D eigenvalue weighted by Crippen LogP contribution is 2.16. The molecule has 24 heavy (non-hydrogen) atoms. The number of benzene rings is 2. The first-order valence-corrected chi connectivity index (χ1v) is 7.37. The van der Waals surface area contributed by atoms with Crippen LogP contribution in [0.15, 0.2) is 73.1 Å². The van der Waals surface area contributed by atoms with Crippen LogP contribution < -0.4 is 4.74 Å². The highest BCUT2D eigenvalue weighted by molar-refractivity contribution is 5.91. The Bertz CT molecular complexity index is 858. The fourth-order valence-electron chi connectivity index (χ4n) is 2.10. The summed E-state index contributed by atoms with van der Waals surface area (Å²) in [7, 11) is 0. The summed E-state index contributed by atoms with van der Waals surface area (Å²) in [5.74, 6) is -0.652. The third kappa shape index (κ3) is 4.14. The van der Waals surface area contributed by atoms with Crippen LogP contribution >= 0.6 is 0 Å². The van der Waals surface area contributed by atoms with Gasteiger partial charge in [-0.2, -0.15) is 0 Å². The maximum atomic E-state index is 13.1. The number of carbonyl (C=O) groups excluding carboxylic acids is 1. The van der Waals surface area contributed by atoms with Gasteiger partial charge in [0.25, 0.3) is 0 Å². The topological polar surface area (TPSA) is 39.2 Å². The molecule has 4 heteroatoms. The lowest BCUT2D eigenvalue weighted by molar-refractivity contribution is 0.0734. The van der Waals surface area contributed by atoms with Gasteiger partial charge in [0.05, 0.1) is 5.56 Å². The Morgan fingerprint density at radius 3 is 2.25 bits per heavy atom. The summed E-state index contributed by atoms with van der Waals surface area (Å²) in [4.78, 5) is 15.9. The first kappa shape index (κ1) is 15.6. The van der Waals surface area contributed by atoms with Gasteiger partial charge in [-0.1, -0.05) is 30.4 Å². The second-order valence-corrected chi connectivity index (χ2v) is 5.08. The van der Waals surface area contributed by atoms with Crippen LogP contribution in [0.3, 0.4) is 0 Å². The standard InChI is InChI=1S/C20H14FNO2/c21-18-3-1-2-17(14-18)20(23)24-19-8-6-15(7-9-19)4-5-16-10-12-22-13-11-16/h1-14H/b5-4+. The first-order valence-electron chi connectivity index (χ1n) is 7.37. The summed E-state index contributed by atoms with van der Waals surface area (Å²) < 4.78 is 18.4. The van der Waals surface area contributed by atoms with Crippen molar-refractivity contribution in [1.29, 1.82) is 0 Å². The summed E-state index contributed by atoms with van der Waals surface area (Å²) in [6.07, 6.45) is 7.38. The highest BCUT2D eigenvalue weighted by Gasteiger charge is 2.09. The van der Waals surface area contributed by atoms with Gasteiger partial charge in [0.2, 0.25) is 0 Å². The minimum Gasteiger partial charge on any atom is -0.423 e. The van der Waals surface area contributed by atoms with Crippen LogP contribution in [0.4, 0.5) is 4.39 Å². The van der Waals surface area contributed by atoms with Gasteiger partial charge >= 0.3 is 5.97 Å². The van der Waals surface area contributed by atoms with Gasteiger partial charge in [-0.15, -0.1) is 0 Å². The summed E-state index contributed by atoms with van der Waals surface area (Å²) in [5.41, 5.74) is 2.20. The molecule has 3 rings (SSSR count).